The van der Waals surface area contributed by atoms with Crippen LogP contribution in [0.25, 0.3) is 0 Å². The normalized spacial score (nSPS) is 16.7. The molecule has 2 aliphatic rings. The van der Waals surface area contributed by atoms with E-state index in [2.05, 4.69) is 5.32 Å². The molecule has 1 aliphatic carbocycles. The van der Waals surface area contributed by atoms with Crippen LogP contribution in [-0.4, -0.2) is 59.7 Å². The Kier molecular flexibility index (Phi) is 10.2. The van der Waals surface area contributed by atoms with Gasteiger partial charge in [-0.15, -0.1) is 0 Å². The van der Waals surface area contributed by atoms with E-state index in [0.29, 0.717) is 31.9 Å². The highest BCUT2D eigenvalue weighted by molar-refractivity contribution is 5.77. The molecule has 0 atom stereocenters. The summed E-state index contributed by atoms with van der Waals surface area (Å²) in [6.07, 6.45) is -3.98. The molecule has 1 amide bonds. The lowest BCUT2D eigenvalue weighted by Crippen LogP contribution is -2.49. The molecule has 0 spiro atoms. The van der Waals surface area contributed by atoms with E-state index in [1.807, 2.05) is 4.90 Å². The maximum absolute atomic E-state index is 12.8. The van der Waals surface area contributed by atoms with Crippen molar-refractivity contribution in [2.45, 2.75) is 50.5 Å². The van der Waals surface area contributed by atoms with Gasteiger partial charge in [-0.05, 0) is 49.2 Å². The van der Waals surface area contributed by atoms with Crippen molar-refractivity contribution in [3.63, 3.8) is 0 Å². The number of nitrogens with zero attached hydrogens (tertiary/aromatic N) is 3. The van der Waals surface area contributed by atoms with Gasteiger partial charge in [0.1, 0.15) is 12.2 Å². The molecule has 0 bridgehead atoms. The summed E-state index contributed by atoms with van der Waals surface area (Å²) in [5.41, 5.74) is -1.80. The first-order valence-corrected chi connectivity index (χ1v) is 12.7. The van der Waals surface area contributed by atoms with Crippen LogP contribution >= 0.6 is 0 Å². The first-order chi connectivity index (χ1) is 18.8. The Labute approximate surface area is 226 Å². The summed E-state index contributed by atoms with van der Waals surface area (Å²) in [7, 11) is 0. The van der Waals surface area contributed by atoms with E-state index < -0.39 is 40.7 Å². The van der Waals surface area contributed by atoms with Gasteiger partial charge in [-0.1, -0.05) is 19.3 Å². The maximum Gasteiger partial charge on any atom is 0.423 e. The first-order valence-electron chi connectivity index (χ1n) is 12.7. The third-order valence-electron chi connectivity index (χ3n) is 6.80. The molecule has 2 N–H and O–H groups in total. The van der Waals surface area contributed by atoms with Gasteiger partial charge >= 0.3 is 12.4 Å². The summed E-state index contributed by atoms with van der Waals surface area (Å²) in [4.78, 5) is 24.4. The number of carbonyl (C=O) groups excluding carboxylic acids is 1. The average Bonchev–Trinajstić information content (AvgIpc) is 2.92. The van der Waals surface area contributed by atoms with Crippen LogP contribution in [0.1, 0.15) is 43.2 Å². The van der Waals surface area contributed by atoms with Crippen molar-refractivity contribution < 1.29 is 41.2 Å². The van der Waals surface area contributed by atoms with Gasteiger partial charge in [-0.3, -0.25) is 14.9 Å². The van der Waals surface area contributed by atoms with Crippen molar-refractivity contribution in [2.24, 2.45) is 0 Å². The number of aliphatic hydroxyl groups excluding tert-OH is 1. The van der Waals surface area contributed by atoms with E-state index in [-0.39, 0.29) is 17.6 Å². The molecule has 14 heteroatoms. The van der Waals surface area contributed by atoms with Gasteiger partial charge in [0, 0.05) is 49.7 Å². The zero-order valence-corrected chi connectivity index (χ0v) is 21.5. The topological polar surface area (TPSA) is 99.0 Å². The Balaban J connectivity index is 0.000000220. The van der Waals surface area contributed by atoms with Crippen LogP contribution < -0.4 is 10.2 Å². The Hall–Kier alpha value is -3.55. The van der Waals surface area contributed by atoms with Crippen molar-refractivity contribution in [3.05, 3.63) is 63.7 Å². The number of alkyl halides is 6. The van der Waals surface area contributed by atoms with E-state index in [0.717, 1.165) is 56.4 Å². The van der Waals surface area contributed by atoms with E-state index in [1.165, 1.54) is 18.2 Å². The Morgan fingerprint density at radius 1 is 0.925 bits per heavy atom. The molecule has 1 saturated carbocycles. The van der Waals surface area contributed by atoms with Gasteiger partial charge < -0.3 is 20.2 Å². The van der Waals surface area contributed by atoms with Crippen LogP contribution in [0.3, 0.4) is 0 Å². The summed E-state index contributed by atoms with van der Waals surface area (Å²) in [6, 6.07) is 8.20. The largest absolute Gasteiger partial charge is 0.423 e. The van der Waals surface area contributed by atoms with Crippen molar-refractivity contribution >= 4 is 23.0 Å². The molecule has 2 aromatic carbocycles. The number of halogens is 6. The van der Waals surface area contributed by atoms with Crippen molar-refractivity contribution in [2.75, 3.05) is 43.0 Å². The number of carbonyl (C=O) groups is 1. The van der Waals surface area contributed by atoms with E-state index in [4.69, 9.17) is 5.11 Å². The lowest BCUT2D eigenvalue weighted by molar-refractivity contribution is -0.388. The quantitative estimate of drug-likeness (QED) is 0.269. The molecule has 0 aromatic heterocycles. The van der Waals surface area contributed by atoms with E-state index in [9.17, 15) is 41.3 Å². The molecule has 220 valence electrons. The number of anilines is 2. The monoisotopic (exact) mass is 576 g/mol. The smallest absolute Gasteiger partial charge is 0.387 e. The SMILES string of the molecule is O=C(CO)N1CCN(c2ccc(C(F)(F)F)cc2)CC1.O=[N+]([O-])c1ccc(NC2CCCCC2)cc1C(F)(F)F. The zero-order valence-electron chi connectivity index (χ0n) is 21.5. The molecule has 1 heterocycles. The number of nitro groups is 1. The van der Waals surface area contributed by atoms with Crippen molar-refractivity contribution in [1.82, 2.24) is 4.90 Å². The Bertz CT molecular complexity index is 1140. The number of benzene rings is 2. The minimum absolute atomic E-state index is 0.145. The van der Waals surface area contributed by atoms with Gasteiger partial charge in [0.15, 0.2) is 0 Å². The van der Waals surface area contributed by atoms with Crippen LogP contribution in [0.2, 0.25) is 0 Å². The number of nitro benzene ring substituents is 1. The maximum atomic E-state index is 12.8. The molecule has 2 fully saturated rings. The molecule has 1 saturated heterocycles. The number of nitrogens with one attached hydrogen (secondary N) is 1. The second-order valence-electron chi connectivity index (χ2n) is 9.54. The van der Waals surface area contributed by atoms with Crippen molar-refractivity contribution in [1.29, 1.82) is 0 Å². The van der Waals surface area contributed by atoms with Crippen LogP contribution in [0.15, 0.2) is 42.5 Å². The number of piperazine rings is 1. The number of hydrogen-bond donors (Lipinski definition) is 2. The zero-order chi connectivity index (χ0) is 29.5. The third kappa shape index (κ3) is 8.47. The second-order valence-corrected chi connectivity index (χ2v) is 9.54. The van der Waals surface area contributed by atoms with Crippen LogP contribution in [0.5, 0.6) is 0 Å². The Morgan fingerprint density at radius 2 is 1.52 bits per heavy atom. The number of rotatable bonds is 5. The fourth-order valence-electron chi connectivity index (χ4n) is 4.67. The standard InChI is InChI=1S/2C13H15F3N2O2/c14-13(15,16)10-1-3-11(4-2-10)17-5-7-18(8-6-17)12(20)9-19;14-13(15,16)11-8-10(6-7-12(11)18(19)20)17-9-4-2-1-3-5-9/h1-4,19H,5-9H2;6-9,17H,1-5H2. The molecule has 40 heavy (non-hydrogen) atoms. The highest BCUT2D eigenvalue weighted by Gasteiger charge is 2.38. The van der Waals surface area contributed by atoms with E-state index in [1.54, 1.807) is 4.90 Å². The van der Waals surface area contributed by atoms with Gasteiger partial charge in [-0.25, -0.2) is 0 Å². The minimum atomic E-state index is -4.73. The molecule has 2 aromatic rings. The number of hydrogen-bond acceptors (Lipinski definition) is 6. The summed E-state index contributed by atoms with van der Waals surface area (Å²) in [6.45, 7) is 1.48. The summed E-state index contributed by atoms with van der Waals surface area (Å²) < 4.78 is 75.9. The highest BCUT2D eigenvalue weighted by atomic mass is 19.4. The third-order valence-corrected chi connectivity index (χ3v) is 6.80. The summed E-state index contributed by atoms with van der Waals surface area (Å²) in [5.74, 6) is -0.322. The molecule has 8 nitrogen and oxygen atoms in total. The molecule has 4 rings (SSSR count). The van der Waals surface area contributed by atoms with Crippen LogP contribution in [0.4, 0.5) is 43.4 Å². The second kappa shape index (κ2) is 13.2. The molecular weight excluding hydrogens is 546 g/mol. The molecule has 0 radical (unpaired) electrons. The predicted octanol–water partition coefficient (Wildman–Crippen LogP) is 5.70. The van der Waals surface area contributed by atoms with Crippen LogP contribution in [-0.2, 0) is 17.1 Å². The highest BCUT2D eigenvalue weighted by Crippen LogP contribution is 2.38. The van der Waals surface area contributed by atoms with Crippen molar-refractivity contribution in [3.8, 4) is 0 Å². The van der Waals surface area contributed by atoms with E-state index >= 15 is 0 Å². The number of aliphatic hydroxyl groups is 1. The first kappa shape index (κ1) is 31.0. The lowest BCUT2D eigenvalue weighted by atomic mass is 9.95. The van der Waals surface area contributed by atoms with Gasteiger partial charge in [0.25, 0.3) is 5.69 Å². The number of amides is 1. The Morgan fingerprint density at radius 3 is 2.02 bits per heavy atom. The van der Waals surface area contributed by atoms with Gasteiger partial charge in [-0.2, -0.15) is 26.3 Å². The predicted molar refractivity (Wildman–Crippen MR) is 136 cm³/mol. The lowest BCUT2D eigenvalue weighted by Gasteiger charge is -2.36. The molecule has 1 aliphatic heterocycles. The summed E-state index contributed by atoms with van der Waals surface area (Å²) in [5, 5.41) is 22.5. The minimum Gasteiger partial charge on any atom is -0.387 e. The summed E-state index contributed by atoms with van der Waals surface area (Å²) >= 11 is 0. The fraction of sp³-hybridized carbons (Fsp3) is 0.500. The fourth-order valence-corrected chi connectivity index (χ4v) is 4.67. The van der Waals surface area contributed by atoms with Crippen LogP contribution in [0, 0.1) is 10.1 Å². The van der Waals surface area contributed by atoms with Gasteiger partial charge in [0.05, 0.1) is 10.5 Å². The molecule has 0 unspecified atom stereocenters. The average molecular weight is 577 g/mol. The van der Waals surface area contributed by atoms with Gasteiger partial charge in [0.2, 0.25) is 5.91 Å². The molecular formula is C26H30F6N4O4.